The zero-order valence-electron chi connectivity index (χ0n) is 18.7. The molecule has 0 N–H and O–H groups in total. The monoisotopic (exact) mass is 446 g/mol. The summed E-state index contributed by atoms with van der Waals surface area (Å²) in [5, 5.41) is 5.86. The van der Waals surface area contributed by atoms with Crippen molar-refractivity contribution in [2.24, 2.45) is 7.05 Å². The van der Waals surface area contributed by atoms with Crippen molar-refractivity contribution in [3.63, 3.8) is 0 Å². The van der Waals surface area contributed by atoms with Crippen molar-refractivity contribution < 1.29 is 13.9 Å². The molecular weight excluding hydrogens is 419 g/mol. The number of rotatable bonds is 7. The number of fused-ring (bicyclic) bond motifs is 1. The van der Waals surface area contributed by atoms with Crippen LogP contribution in [0.2, 0.25) is 0 Å². The Morgan fingerprint density at radius 3 is 2.97 bits per heavy atom. The number of hydrogen-bond acceptors (Lipinski definition) is 5. The minimum absolute atomic E-state index is 0.0649. The summed E-state index contributed by atoms with van der Waals surface area (Å²) in [6.07, 6.45) is 2.44. The Labute approximate surface area is 192 Å². The van der Waals surface area contributed by atoms with Crippen molar-refractivity contribution >= 4 is 10.9 Å². The minimum atomic E-state index is -0.297. The van der Waals surface area contributed by atoms with Crippen LogP contribution in [0.5, 0.6) is 5.75 Å². The van der Waals surface area contributed by atoms with E-state index in [1.165, 1.54) is 17.7 Å². The number of aromatic nitrogens is 3. The molecule has 7 heteroatoms. The van der Waals surface area contributed by atoms with Crippen LogP contribution in [0, 0.1) is 5.82 Å². The van der Waals surface area contributed by atoms with Gasteiger partial charge in [0.1, 0.15) is 17.7 Å². The van der Waals surface area contributed by atoms with E-state index in [1.807, 2.05) is 24.0 Å². The second-order valence-corrected chi connectivity index (χ2v) is 8.36. The number of pyridine rings is 1. The van der Waals surface area contributed by atoms with Crippen LogP contribution < -0.4 is 4.74 Å². The Hall–Kier alpha value is -3.29. The summed E-state index contributed by atoms with van der Waals surface area (Å²) in [5.41, 5.74) is 4.28. The van der Waals surface area contributed by atoms with Crippen LogP contribution in [0.15, 0.2) is 66.9 Å². The van der Waals surface area contributed by atoms with Gasteiger partial charge in [0.25, 0.3) is 0 Å². The van der Waals surface area contributed by atoms with E-state index >= 15 is 0 Å². The summed E-state index contributed by atoms with van der Waals surface area (Å²) >= 11 is 0. The lowest BCUT2D eigenvalue weighted by Gasteiger charge is -2.32. The standard InChI is InChI=1S/C26H27FN4O2/c1-30-22(9-12-32-23-6-2-5-21(27)15-23)16-25(29-30)26-18-31(11-13-33-26)17-19-7-8-24-20(14-19)4-3-10-28-24/h2-8,10,14-16,26H,9,11-13,17-18H2,1H3/t26-/m0/s1. The van der Waals surface area contributed by atoms with E-state index in [0.717, 1.165) is 41.9 Å². The fraction of sp³-hybridized carbons (Fsp3) is 0.308. The molecule has 1 aliphatic heterocycles. The molecule has 4 aromatic rings. The van der Waals surface area contributed by atoms with Crippen LogP contribution in [0.1, 0.15) is 23.1 Å². The molecule has 1 aliphatic rings. The lowest BCUT2D eigenvalue weighted by Crippen LogP contribution is -2.38. The molecule has 0 saturated carbocycles. The SMILES string of the molecule is Cn1nc([C@@H]2CN(Cc3ccc4ncccc4c3)CCO2)cc1CCOc1cccc(F)c1. The van der Waals surface area contributed by atoms with Gasteiger partial charge in [-0.2, -0.15) is 5.10 Å². The molecule has 1 saturated heterocycles. The maximum atomic E-state index is 13.3. The second-order valence-electron chi connectivity index (χ2n) is 8.36. The van der Waals surface area contributed by atoms with Crippen LogP contribution in [0.4, 0.5) is 4.39 Å². The van der Waals surface area contributed by atoms with Crippen molar-refractivity contribution in [1.29, 1.82) is 0 Å². The van der Waals surface area contributed by atoms with E-state index in [-0.39, 0.29) is 11.9 Å². The molecule has 3 heterocycles. The van der Waals surface area contributed by atoms with Crippen molar-refractivity contribution in [2.45, 2.75) is 19.1 Å². The van der Waals surface area contributed by atoms with E-state index < -0.39 is 0 Å². The van der Waals surface area contributed by atoms with Gasteiger partial charge in [0.15, 0.2) is 0 Å². The topological polar surface area (TPSA) is 52.4 Å². The Morgan fingerprint density at radius 2 is 2.06 bits per heavy atom. The largest absolute Gasteiger partial charge is 0.493 e. The lowest BCUT2D eigenvalue weighted by molar-refractivity contribution is -0.0352. The second kappa shape index (κ2) is 9.68. The highest BCUT2D eigenvalue weighted by atomic mass is 19.1. The molecule has 0 spiro atoms. The highest BCUT2D eigenvalue weighted by Crippen LogP contribution is 2.24. The molecule has 0 aliphatic carbocycles. The molecule has 1 fully saturated rings. The molecule has 33 heavy (non-hydrogen) atoms. The smallest absolute Gasteiger partial charge is 0.126 e. The number of morpholine rings is 1. The van der Waals surface area contributed by atoms with Crippen molar-refractivity contribution in [1.82, 2.24) is 19.7 Å². The number of aryl methyl sites for hydroxylation is 1. The number of hydrogen-bond donors (Lipinski definition) is 0. The molecule has 1 atom stereocenters. The van der Waals surface area contributed by atoms with Crippen LogP contribution in [0.3, 0.4) is 0 Å². The first kappa shape index (κ1) is 21.6. The van der Waals surface area contributed by atoms with Crippen molar-refractivity contribution in [3.05, 3.63) is 89.6 Å². The third-order valence-corrected chi connectivity index (χ3v) is 5.97. The Morgan fingerprint density at radius 1 is 1.12 bits per heavy atom. The fourth-order valence-electron chi connectivity index (χ4n) is 4.26. The van der Waals surface area contributed by atoms with E-state index in [4.69, 9.17) is 14.6 Å². The van der Waals surface area contributed by atoms with Gasteiger partial charge in [0.2, 0.25) is 0 Å². The quantitative estimate of drug-likeness (QED) is 0.424. The molecular formula is C26H27FN4O2. The zero-order valence-corrected chi connectivity index (χ0v) is 18.7. The van der Waals surface area contributed by atoms with Crippen LogP contribution in [0.25, 0.3) is 10.9 Å². The lowest BCUT2D eigenvalue weighted by atomic mass is 10.1. The minimum Gasteiger partial charge on any atom is -0.493 e. The summed E-state index contributed by atoms with van der Waals surface area (Å²) in [6.45, 7) is 3.68. The van der Waals surface area contributed by atoms with Crippen molar-refractivity contribution in [2.75, 3.05) is 26.3 Å². The van der Waals surface area contributed by atoms with Gasteiger partial charge >= 0.3 is 0 Å². The number of ether oxygens (including phenoxy) is 2. The predicted octanol–water partition coefficient (Wildman–Crippen LogP) is 4.30. The third-order valence-electron chi connectivity index (χ3n) is 5.97. The van der Waals surface area contributed by atoms with Gasteiger partial charge in [-0.1, -0.05) is 18.2 Å². The van der Waals surface area contributed by atoms with Gasteiger partial charge in [-0.25, -0.2) is 4.39 Å². The molecule has 0 radical (unpaired) electrons. The number of benzene rings is 2. The predicted molar refractivity (Wildman–Crippen MR) is 125 cm³/mol. The summed E-state index contributed by atoms with van der Waals surface area (Å²) in [6, 6.07) is 18.8. The summed E-state index contributed by atoms with van der Waals surface area (Å²) < 4.78 is 26.9. The summed E-state index contributed by atoms with van der Waals surface area (Å²) in [5.74, 6) is 0.239. The summed E-state index contributed by atoms with van der Waals surface area (Å²) in [4.78, 5) is 6.81. The molecule has 5 rings (SSSR count). The normalized spacial score (nSPS) is 16.8. The molecule has 0 amide bonds. The van der Waals surface area contributed by atoms with Gasteiger partial charge in [-0.3, -0.25) is 14.6 Å². The Balaban J connectivity index is 1.20. The van der Waals surface area contributed by atoms with Gasteiger partial charge in [0, 0.05) is 56.4 Å². The third kappa shape index (κ3) is 5.21. The average Bonchev–Trinajstić information content (AvgIpc) is 3.20. The van der Waals surface area contributed by atoms with E-state index in [2.05, 4.69) is 40.2 Å². The number of halogens is 1. The van der Waals surface area contributed by atoms with E-state index in [0.29, 0.717) is 25.4 Å². The van der Waals surface area contributed by atoms with Crippen LogP contribution in [-0.2, 0) is 24.8 Å². The van der Waals surface area contributed by atoms with Gasteiger partial charge in [-0.15, -0.1) is 0 Å². The van der Waals surface area contributed by atoms with Gasteiger partial charge in [-0.05, 0) is 42.0 Å². The maximum Gasteiger partial charge on any atom is 0.126 e. The molecule has 6 nitrogen and oxygen atoms in total. The van der Waals surface area contributed by atoms with Crippen molar-refractivity contribution in [3.8, 4) is 5.75 Å². The van der Waals surface area contributed by atoms with E-state index in [9.17, 15) is 4.39 Å². The first-order valence-electron chi connectivity index (χ1n) is 11.2. The van der Waals surface area contributed by atoms with Gasteiger partial charge in [0.05, 0.1) is 24.4 Å². The maximum absolute atomic E-state index is 13.3. The van der Waals surface area contributed by atoms with E-state index in [1.54, 1.807) is 12.1 Å². The fourth-order valence-corrected chi connectivity index (χ4v) is 4.26. The Kier molecular flexibility index (Phi) is 6.32. The first-order valence-corrected chi connectivity index (χ1v) is 11.2. The average molecular weight is 447 g/mol. The first-order chi connectivity index (χ1) is 16.1. The molecule has 2 aromatic heterocycles. The zero-order chi connectivity index (χ0) is 22.6. The highest BCUT2D eigenvalue weighted by Gasteiger charge is 2.25. The number of nitrogens with zero attached hydrogens (tertiary/aromatic N) is 4. The Bertz CT molecular complexity index is 1240. The van der Waals surface area contributed by atoms with Gasteiger partial charge < -0.3 is 9.47 Å². The van der Waals surface area contributed by atoms with Crippen LogP contribution in [-0.4, -0.2) is 46.0 Å². The van der Waals surface area contributed by atoms with Crippen LogP contribution >= 0.6 is 0 Å². The molecule has 0 bridgehead atoms. The molecule has 2 aromatic carbocycles. The molecule has 0 unspecified atom stereocenters. The molecule has 170 valence electrons. The summed E-state index contributed by atoms with van der Waals surface area (Å²) in [7, 11) is 1.94. The highest BCUT2D eigenvalue weighted by molar-refractivity contribution is 5.78.